The molecule has 11 heteroatoms. The van der Waals surface area contributed by atoms with Crippen molar-refractivity contribution >= 4 is 29.0 Å². The summed E-state index contributed by atoms with van der Waals surface area (Å²) in [6, 6.07) is 4.90. The number of nitrogens with zero attached hydrogens (tertiary/aromatic N) is 3. The van der Waals surface area contributed by atoms with Crippen LogP contribution in [0.2, 0.25) is 5.02 Å². The lowest BCUT2D eigenvalue weighted by molar-refractivity contribution is -0.141. The fraction of sp³-hybridized carbons (Fsp3) is 0.536. The Labute approximate surface area is 228 Å². The molecule has 6 nitrogen and oxygen atoms in total. The molecule has 39 heavy (non-hydrogen) atoms. The zero-order valence-corrected chi connectivity index (χ0v) is 22.1. The van der Waals surface area contributed by atoms with Gasteiger partial charge in [-0.25, -0.2) is 9.37 Å². The van der Waals surface area contributed by atoms with Crippen LogP contribution in [0.4, 0.5) is 23.2 Å². The SMILES string of the molecule is C[C@H]1C[C@@]2(CCN1c1cc(Cl)cc(F)c1C(O)C1CCC1)N=C(c1ccc(C(F)(F)F)nc1C1CC1)NC2=O. The number of aliphatic hydroxyl groups is 1. The van der Waals surface area contributed by atoms with Crippen molar-refractivity contribution < 1.29 is 27.5 Å². The van der Waals surface area contributed by atoms with Crippen LogP contribution in [0, 0.1) is 11.7 Å². The van der Waals surface area contributed by atoms with E-state index in [9.17, 15) is 23.1 Å². The number of pyridine rings is 1. The summed E-state index contributed by atoms with van der Waals surface area (Å²) in [5.41, 5.74) is -0.560. The maximum atomic E-state index is 15.1. The number of carbonyl (C=O) groups is 1. The fourth-order valence-electron chi connectivity index (χ4n) is 6.13. The molecule has 1 amide bonds. The minimum absolute atomic E-state index is 0.00311. The van der Waals surface area contributed by atoms with Crippen LogP contribution in [0.3, 0.4) is 0 Å². The maximum absolute atomic E-state index is 15.1. The fourth-order valence-corrected chi connectivity index (χ4v) is 6.33. The van der Waals surface area contributed by atoms with Crippen molar-refractivity contribution in [3.05, 3.63) is 57.6 Å². The summed E-state index contributed by atoms with van der Waals surface area (Å²) in [6.45, 7) is 2.27. The minimum atomic E-state index is -4.56. The summed E-state index contributed by atoms with van der Waals surface area (Å²) in [7, 11) is 0. The van der Waals surface area contributed by atoms with Crippen LogP contribution in [-0.4, -0.2) is 40.0 Å². The second kappa shape index (κ2) is 9.44. The van der Waals surface area contributed by atoms with Crippen LogP contribution >= 0.6 is 11.6 Å². The highest BCUT2D eigenvalue weighted by Gasteiger charge is 2.49. The van der Waals surface area contributed by atoms with Gasteiger partial charge in [0.25, 0.3) is 5.91 Å². The molecule has 0 bridgehead atoms. The molecule has 2 aliphatic heterocycles. The number of alkyl halides is 3. The molecule has 3 heterocycles. The van der Waals surface area contributed by atoms with E-state index in [1.165, 1.54) is 12.1 Å². The molecule has 2 aliphatic carbocycles. The minimum Gasteiger partial charge on any atom is -0.388 e. The van der Waals surface area contributed by atoms with Crippen LogP contribution in [-0.2, 0) is 11.0 Å². The number of halogens is 5. The molecule has 3 fully saturated rings. The van der Waals surface area contributed by atoms with Crippen LogP contribution in [0.1, 0.15) is 86.4 Å². The molecule has 1 unspecified atom stereocenters. The number of rotatable bonds is 5. The van der Waals surface area contributed by atoms with E-state index >= 15 is 4.39 Å². The number of carbonyl (C=O) groups excluding carboxylic acids is 1. The number of amidine groups is 1. The van der Waals surface area contributed by atoms with Crippen molar-refractivity contribution in [2.45, 2.75) is 81.6 Å². The summed E-state index contributed by atoms with van der Waals surface area (Å²) >= 11 is 6.23. The number of aliphatic imine (C=N–C) groups is 1. The molecule has 2 aromatic rings. The van der Waals surface area contributed by atoms with Crippen molar-refractivity contribution in [3.63, 3.8) is 0 Å². The summed E-state index contributed by atoms with van der Waals surface area (Å²) in [6.07, 6.45) is -0.730. The first-order valence-electron chi connectivity index (χ1n) is 13.4. The lowest BCUT2D eigenvalue weighted by atomic mass is 9.77. The van der Waals surface area contributed by atoms with Gasteiger partial charge in [0.1, 0.15) is 22.9 Å². The first-order valence-corrected chi connectivity index (χ1v) is 13.8. The zero-order chi connectivity index (χ0) is 27.7. The molecule has 0 radical (unpaired) electrons. The molecular weight excluding hydrogens is 536 g/mol. The van der Waals surface area contributed by atoms with Gasteiger partial charge >= 0.3 is 6.18 Å². The molecule has 1 saturated heterocycles. The topological polar surface area (TPSA) is 77.8 Å². The molecule has 2 N–H and O–H groups in total. The molecule has 2 saturated carbocycles. The third-order valence-electron chi connectivity index (χ3n) is 8.62. The van der Waals surface area contributed by atoms with Crippen LogP contribution in [0.15, 0.2) is 29.3 Å². The van der Waals surface area contributed by atoms with Gasteiger partial charge in [-0.3, -0.25) is 9.79 Å². The number of amides is 1. The third kappa shape index (κ3) is 4.69. The lowest BCUT2D eigenvalue weighted by Gasteiger charge is -2.43. The Morgan fingerprint density at radius 1 is 1.21 bits per heavy atom. The summed E-state index contributed by atoms with van der Waals surface area (Å²) in [5.74, 6) is -0.698. The summed E-state index contributed by atoms with van der Waals surface area (Å²) < 4.78 is 55.1. The van der Waals surface area contributed by atoms with E-state index in [1.807, 2.05) is 11.8 Å². The molecular formula is C28H29ClF4N4O2. The molecule has 208 valence electrons. The van der Waals surface area contributed by atoms with Crippen molar-refractivity contribution in [2.24, 2.45) is 10.9 Å². The van der Waals surface area contributed by atoms with Crippen LogP contribution in [0.5, 0.6) is 0 Å². The highest BCUT2D eigenvalue weighted by Crippen LogP contribution is 2.46. The molecule has 4 aliphatic rings. The number of nitrogens with one attached hydrogen (secondary N) is 1. The van der Waals surface area contributed by atoms with E-state index in [-0.39, 0.29) is 40.2 Å². The standard InChI is InChI=1S/C28H29ClF4N4O2/c1-14-13-27(9-10-37(14)20-12-17(29)11-19(30)22(20)24(38)16-3-2-4-16)26(39)35-25(36-27)18-7-8-21(28(31,32)33)34-23(18)15-5-6-15/h7-8,11-12,14-16,24,38H,2-6,9-10,13H2,1H3,(H,35,36,39)/t14-,24?,27+/m0/s1. The van der Waals surface area contributed by atoms with Gasteiger partial charge in [-0.2, -0.15) is 13.2 Å². The Morgan fingerprint density at radius 3 is 2.56 bits per heavy atom. The predicted molar refractivity (Wildman–Crippen MR) is 138 cm³/mol. The van der Waals surface area contributed by atoms with Crippen LogP contribution in [0.25, 0.3) is 0 Å². The van der Waals surface area contributed by atoms with Crippen molar-refractivity contribution in [3.8, 4) is 0 Å². The van der Waals surface area contributed by atoms with Crippen molar-refractivity contribution in [1.82, 2.24) is 10.3 Å². The van der Waals surface area contributed by atoms with Gasteiger partial charge < -0.3 is 15.3 Å². The number of hydrogen-bond donors (Lipinski definition) is 2. The molecule has 1 aromatic heterocycles. The van der Waals surface area contributed by atoms with Gasteiger partial charge in [-0.05, 0) is 69.2 Å². The highest BCUT2D eigenvalue weighted by atomic mass is 35.5. The largest absolute Gasteiger partial charge is 0.433 e. The molecule has 3 atom stereocenters. The summed E-state index contributed by atoms with van der Waals surface area (Å²) in [5, 5.41) is 14.0. The average Bonchev–Trinajstić information content (AvgIpc) is 3.62. The van der Waals surface area contributed by atoms with E-state index in [1.54, 1.807) is 6.07 Å². The number of benzene rings is 1. The first-order chi connectivity index (χ1) is 18.5. The number of hydrogen-bond acceptors (Lipinski definition) is 5. The second-order valence-corrected chi connectivity index (χ2v) is 11.7. The van der Waals surface area contributed by atoms with E-state index in [0.717, 1.165) is 38.2 Å². The number of anilines is 1. The smallest absolute Gasteiger partial charge is 0.388 e. The van der Waals surface area contributed by atoms with E-state index in [2.05, 4.69) is 10.3 Å². The van der Waals surface area contributed by atoms with Gasteiger partial charge in [-0.1, -0.05) is 18.0 Å². The quantitative estimate of drug-likeness (QED) is 0.443. The second-order valence-electron chi connectivity index (χ2n) is 11.3. The zero-order valence-electron chi connectivity index (χ0n) is 21.4. The van der Waals surface area contributed by atoms with Crippen LogP contribution < -0.4 is 10.2 Å². The lowest BCUT2D eigenvalue weighted by Crippen LogP contribution is -2.53. The Morgan fingerprint density at radius 2 is 1.95 bits per heavy atom. The Bertz CT molecular complexity index is 1360. The average molecular weight is 565 g/mol. The number of piperidine rings is 1. The van der Waals surface area contributed by atoms with Gasteiger partial charge in [0.05, 0.1) is 11.8 Å². The molecule has 6 rings (SSSR count). The monoisotopic (exact) mass is 564 g/mol. The third-order valence-corrected chi connectivity index (χ3v) is 8.84. The highest BCUT2D eigenvalue weighted by molar-refractivity contribution is 6.31. The first kappa shape index (κ1) is 26.5. The Balaban J connectivity index is 1.30. The summed E-state index contributed by atoms with van der Waals surface area (Å²) in [4.78, 5) is 23.9. The molecule has 1 spiro atoms. The van der Waals surface area contributed by atoms with E-state index in [4.69, 9.17) is 16.6 Å². The van der Waals surface area contributed by atoms with Gasteiger partial charge in [-0.15, -0.1) is 0 Å². The number of aromatic nitrogens is 1. The Hall–Kier alpha value is -2.72. The predicted octanol–water partition coefficient (Wildman–Crippen LogP) is 5.91. The van der Waals surface area contributed by atoms with Gasteiger partial charge in [0, 0.05) is 46.8 Å². The van der Waals surface area contributed by atoms with Gasteiger partial charge in [0.2, 0.25) is 0 Å². The normalized spacial score (nSPS) is 26.4. The Kier molecular flexibility index (Phi) is 6.41. The van der Waals surface area contributed by atoms with Gasteiger partial charge in [0.15, 0.2) is 0 Å². The van der Waals surface area contributed by atoms with Crippen molar-refractivity contribution in [1.29, 1.82) is 0 Å². The van der Waals surface area contributed by atoms with E-state index in [0.29, 0.717) is 36.3 Å². The van der Waals surface area contributed by atoms with E-state index < -0.39 is 29.3 Å². The number of aliphatic hydroxyl groups excluding tert-OH is 1. The molecule has 1 aromatic carbocycles. The van der Waals surface area contributed by atoms with Crippen molar-refractivity contribution in [2.75, 3.05) is 11.4 Å². The maximum Gasteiger partial charge on any atom is 0.433 e.